The molecule has 2 unspecified atom stereocenters. The molecular weight excluding hydrogens is 174 g/mol. The van der Waals surface area contributed by atoms with Gasteiger partial charge in [-0.05, 0) is 31.7 Å². The molecule has 0 saturated heterocycles. The maximum atomic E-state index is 5.51. The molecule has 1 rings (SSSR count). The lowest BCUT2D eigenvalue weighted by molar-refractivity contribution is 0.0207. The molecule has 1 N–H and O–H groups in total. The summed E-state index contributed by atoms with van der Waals surface area (Å²) in [6.45, 7) is 5.70. The lowest BCUT2D eigenvalue weighted by atomic mass is 9.84. The Hall–Kier alpha value is -0.340. The second kappa shape index (κ2) is 7.02. The average molecular weight is 197 g/mol. The predicted octanol–water partition coefficient (Wildman–Crippen LogP) is 2.36. The van der Waals surface area contributed by atoms with Crippen molar-refractivity contribution in [2.75, 3.05) is 20.2 Å². The highest BCUT2D eigenvalue weighted by atomic mass is 16.5. The van der Waals surface area contributed by atoms with Crippen LogP contribution in [-0.4, -0.2) is 26.3 Å². The summed E-state index contributed by atoms with van der Waals surface area (Å²) in [4.78, 5) is 0. The van der Waals surface area contributed by atoms with Crippen molar-refractivity contribution in [3.8, 4) is 0 Å². The molecule has 2 nitrogen and oxygen atoms in total. The van der Waals surface area contributed by atoms with Gasteiger partial charge in [0.05, 0.1) is 6.10 Å². The van der Waals surface area contributed by atoms with Gasteiger partial charge in [0, 0.05) is 13.7 Å². The fraction of sp³-hybridized carbons (Fsp3) is 0.833. The minimum Gasteiger partial charge on any atom is -0.381 e. The zero-order chi connectivity index (χ0) is 10.2. The summed E-state index contributed by atoms with van der Waals surface area (Å²) in [5, 5.41) is 3.35. The molecule has 0 heterocycles. The van der Waals surface area contributed by atoms with Crippen molar-refractivity contribution in [3.05, 3.63) is 12.7 Å². The first-order valence-electron chi connectivity index (χ1n) is 5.73. The molecule has 0 spiro atoms. The molecule has 0 aromatic carbocycles. The van der Waals surface area contributed by atoms with Crippen molar-refractivity contribution < 1.29 is 4.74 Å². The van der Waals surface area contributed by atoms with E-state index in [4.69, 9.17) is 4.74 Å². The molecule has 0 amide bonds. The molecular formula is C12H23NO. The third-order valence-electron chi connectivity index (χ3n) is 3.12. The molecule has 0 aliphatic heterocycles. The average Bonchev–Trinajstić information content (AvgIpc) is 2.25. The van der Waals surface area contributed by atoms with Crippen LogP contribution in [0.1, 0.15) is 32.1 Å². The summed E-state index contributed by atoms with van der Waals surface area (Å²) in [7, 11) is 1.85. The molecule has 14 heavy (non-hydrogen) atoms. The van der Waals surface area contributed by atoms with Crippen LogP contribution in [0, 0.1) is 5.92 Å². The largest absolute Gasteiger partial charge is 0.381 e. The van der Waals surface area contributed by atoms with Crippen molar-refractivity contribution in [1.29, 1.82) is 0 Å². The number of rotatable bonds is 6. The number of nitrogens with one attached hydrogen (secondary N) is 1. The van der Waals surface area contributed by atoms with E-state index in [-0.39, 0.29) is 0 Å². The Labute approximate surface area is 87.7 Å². The topological polar surface area (TPSA) is 21.3 Å². The minimum absolute atomic E-state index is 0.509. The van der Waals surface area contributed by atoms with E-state index in [0.717, 1.165) is 19.0 Å². The van der Waals surface area contributed by atoms with Gasteiger partial charge in [0.1, 0.15) is 0 Å². The molecule has 2 atom stereocenters. The van der Waals surface area contributed by atoms with E-state index in [1.54, 1.807) is 0 Å². The predicted molar refractivity (Wildman–Crippen MR) is 60.4 cm³/mol. The monoisotopic (exact) mass is 197 g/mol. The molecule has 0 bridgehead atoms. The smallest absolute Gasteiger partial charge is 0.0600 e. The SMILES string of the molecule is C=CCNCCC1CCCCC1OC. The molecule has 1 aliphatic carbocycles. The first kappa shape index (κ1) is 11.7. The summed E-state index contributed by atoms with van der Waals surface area (Å²) >= 11 is 0. The third kappa shape index (κ3) is 3.81. The van der Waals surface area contributed by atoms with Crippen LogP contribution in [0.2, 0.25) is 0 Å². The van der Waals surface area contributed by atoms with E-state index in [0.29, 0.717) is 6.10 Å². The van der Waals surface area contributed by atoms with Crippen LogP contribution < -0.4 is 5.32 Å². The van der Waals surface area contributed by atoms with Crippen LogP contribution >= 0.6 is 0 Å². The summed E-state index contributed by atoms with van der Waals surface area (Å²) in [6, 6.07) is 0. The van der Waals surface area contributed by atoms with E-state index in [1.807, 2.05) is 13.2 Å². The maximum Gasteiger partial charge on any atom is 0.0600 e. The number of hydrogen-bond acceptors (Lipinski definition) is 2. The Kier molecular flexibility index (Phi) is 5.88. The highest BCUT2D eigenvalue weighted by Crippen LogP contribution is 2.28. The molecule has 82 valence electrons. The lowest BCUT2D eigenvalue weighted by Gasteiger charge is -2.30. The summed E-state index contributed by atoms with van der Waals surface area (Å²) in [5.41, 5.74) is 0. The van der Waals surface area contributed by atoms with Crippen LogP contribution in [0.15, 0.2) is 12.7 Å². The van der Waals surface area contributed by atoms with Gasteiger partial charge < -0.3 is 10.1 Å². The van der Waals surface area contributed by atoms with Crippen molar-refractivity contribution >= 4 is 0 Å². The van der Waals surface area contributed by atoms with Crippen LogP contribution in [0.4, 0.5) is 0 Å². The Morgan fingerprint density at radius 1 is 1.43 bits per heavy atom. The minimum atomic E-state index is 0.509. The summed E-state index contributed by atoms with van der Waals surface area (Å²) in [5.74, 6) is 0.770. The first-order chi connectivity index (χ1) is 6.88. The number of methoxy groups -OCH3 is 1. The van der Waals surface area contributed by atoms with E-state index in [2.05, 4.69) is 11.9 Å². The van der Waals surface area contributed by atoms with Gasteiger partial charge >= 0.3 is 0 Å². The number of hydrogen-bond donors (Lipinski definition) is 1. The molecule has 1 fully saturated rings. The summed E-state index contributed by atoms with van der Waals surface area (Å²) in [6.07, 6.45) is 8.98. The molecule has 0 aromatic heterocycles. The van der Waals surface area contributed by atoms with Crippen molar-refractivity contribution in [1.82, 2.24) is 5.32 Å². The van der Waals surface area contributed by atoms with E-state index in [9.17, 15) is 0 Å². The van der Waals surface area contributed by atoms with Gasteiger partial charge in [-0.1, -0.05) is 18.9 Å². The highest BCUT2D eigenvalue weighted by molar-refractivity contribution is 4.77. The van der Waals surface area contributed by atoms with Gasteiger partial charge in [-0.3, -0.25) is 0 Å². The van der Waals surface area contributed by atoms with Gasteiger partial charge in [-0.15, -0.1) is 6.58 Å². The zero-order valence-electron chi connectivity index (χ0n) is 9.30. The molecule has 1 aliphatic rings. The maximum absolute atomic E-state index is 5.51. The van der Waals surface area contributed by atoms with Gasteiger partial charge in [-0.25, -0.2) is 0 Å². The van der Waals surface area contributed by atoms with Crippen molar-refractivity contribution in [2.45, 2.75) is 38.2 Å². The van der Waals surface area contributed by atoms with Crippen LogP contribution in [0.25, 0.3) is 0 Å². The molecule has 0 radical (unpaired) electrons. The van der Waals surface area contributed by atoms with Crippen LogP contribution in [-0.2, 0) is 4.74 Å². The van der Waals surface area contributed by atoms with Crippen LogP contribution in [0.3, 0.4) is 0 Å². The summed E-state index contributed by atoms with van der Waals surface area (Å²) < 4.78 is 5.51. The molecule has 0 aromatic rings. The zero-order valence-corrected chi connectivity index (χ0v) is 9.30. The first-order valence-corrected chi connectivity index (χ1v) is 5.73. The Balaban J connectivity index is 2.16. The fourth-order valence-electron chi connectivity index (χ4n) is 2.31. The van der Waals surface area contributed by atoms with Gasteiger partial charge in [0.25, 0.3) is 0 Å². The lowest BCUT2D eigenvalue weighted by Crippen LogP contribution is -2.29. The van der Waals surface area contributed by atoms with E-state index in [1.165, 1.54) is 32.1 Å². The highest BCUT2D eigenvalue weighted by Gasteiger charge is 2.23. The second-order valence-corrected chi connectivity index (χ2v) is 4.10. The Morgan fingerprint density at radius 3 is 2.93 bits per heavy atom. The number of ether oxygens (including phenoxy) is 1. The fourth-order valence-corrected chi connectivity index (χ4v) is 2.31. The standard InChI is InChI=1S/C12H23NO/c1-3-9-13-10-8-11-6-4-5-7-12(11)14-2/h3,11-13H,1,4-10H2,2H3. The van der Waals surface area contributed by atoms with E-state index >= 15 is 0 Å². The molecule has 2 heteroatoms. The van der Waals surface area contributed by atoms with Crippen molar-refractivity contribution in [2.24, 2.45) is 5.92 Å². The van der Waals surface area contributed by atoms with Gasteiger partial charge in [0.2, 0.25) is 0 Å². The Bertz CT molecular complexity index is 158. The molecule has 1 saturated carbocycles. The quantitative estimate of drug-likeness (QED) is 0.521. The van der Waals surface area contributed by atoms with Crippen molar-refractivity contribution in [3.63, 3.8) is 0 Å². The normalized spacial score (nSPS) is 27.5. The van der Waals surface area contributed by atoms with Gasteiger partial charge in [0.15, 0.2) is 0 Å². The second-order valence-electron chi connectivity index (χ2n) is 4.10. The van der Waals surface area contributed by atoms with Gasteiger partial charge in [-0.2, -0.15) is 0 Å². The van der Waals surface area contributed by atoms with Crippen LogP contribution in [0.5, 0.6) is 0 Å². The van der Waals surface area contributed by atoms with E-state index < -0.39 is 0 Å². The third-order valence-corrected chi connectivity index (χ3v) is 3.12. The Morgan fingerprint density at radius 2 is 2.21 bits per heavy atom.